The average Bonchev–Trinajstić information content (AvgIpc) is 2.46. The lowest BCUT2D eigenvalue weighted by Crippen LogP contribution is -2.55. The summed E-state index contributed by atoms with van der Waals surface area (Å²) in [5.41, 5.74) is 7.68. The Balaban J connectivity index is 2.24. The fourth-order valence-corrected chi connectivity index (χ4v) is 2.34. The maximum atomic E-state index is 12.3. The van der Waals surface area contributed by atoms with E-state index in [0.29, 0.717) is 26.3 Å². The van der Waals surface area contributed by atoms with Crippen molar-refractivity contribution in [1.82, 2.24) is 10.3 Å². The smallest absolute Gasteiger partial charge is 0.245 e. The van der Waals surface area contributed by atoms with E-state index in [1.165, 1.54) is 0 Å². The van der Waals surface area contributed by atoms with E-state index in [9.17, 15) is 4.79 Å². The molecule has 2 heterocycles. The highest BCUT2D eigenvalue weighted by atomic mass is 16.5. The van der Waals surface area contributed by atoms with Gasteiger partial charge in [-0.1, -0.05) is 0 Å². The molecule has 0 spiro atoms. The normalized spacial score (nSPS) is 19.2. The first-order valence-corrected chi connectivity index (χ1v) is 6.91. The van der Waals surface area contributed by atoms with Crippen LogP contribution in [0.3, 0.4) is 0 Å². The molecule has 20 heavy (non-hydrogen) atoms. The second-order valence-electron chi connectivity index (χ2n) is 5.16. The zero-order valence-electron chi connectivity index (χ0n) is 12.0. The lowest BCUT2D eigenvalue weighted by atomic mass is 10.1. The molecule has 1 aromatic rings. The molecule has 6 heteroatoms. The fourth-order valence-electron chi connectivity index (χ4n) is 2.34. The summed E-state index contributed by atoms with van der Waals surface area (Å²) in [6.45, 7) is 5.97. The van der Waals surface area contributed by atoms with Crippen LogP contribution in [0.25, 0.3) is 0 Å². The Labute approximate surface area is 119 Å². The van der Waals surface area contributed by atoms with E-state index < -0.39 is 0 Å². The molecule has 1 saturated heterocycles. The minimum Gasteiger partial charge on any atom is -0.377 e. The van der Waals surface area contributed by atoms with Gasteiger partial charge in [0.05, 0.1) is 25.1 Å². The number of nitrogens with zero attached hydrogens (tertiary/aromatic N) is 2. The van der Waals surface area contributed by atoms with Crippen molar-refractivity contribution < 1.29 is 9.53 Å². The van der Waals surface area contributed by atoms with Crippen LogP contribution in [0.15, 0.2) is 18.5 Å². The Morgan fingerprint density at radius 3 is 3.15 bits per heavy atom. The zero-order valence-corrected chi connectivity index (χ0v) is 12.0. The van der Waals surface area contributed by atoms with Gasteiger partial charge in [-0.2, -0.15) is 0 Å². The van der Waals surface area contributed by atoms with Crippen LogP contribution < -0.4 is 16.0 Å². The van der Waals surface area contributed by atoms with Crippen molar-refractivity contribution in [2.24, 2.45) is 5.73 Å². The number of pyridine rings is 1. The molecule has 1 amide bonds. The van der Waals surface area contributed by atoms with Gasteiger partial charge >= 0.3 is 0 Å². The lowest BCUT2D eigenvalue weighted by molar-refractivity contribution is -0.125. The van der Waals surface area contributed by atoms with E-state index in [2.05, 4.69) is 10.3 Å². The van der Waals surface area contributed by atoms with Gasteiger partial charge in [-0.25, -0.2) is 0 Å². The molecule has 0 radical (unpaired) electrons. The lowest BCUT2D eigenvalue weighted by Gasteiger charge is -2.37. The fraction of sp³-hybridized carbons (Fsp3) is 0.571. The number of rotatable bonds is 4. The second-order valence-corrected chi connectivity index (χ2v) is 5.16. The van der Waals surface area contributed by atoms with Crippen molar-refractivity contribution in [2.75, 3.05) is 24.7 Å². The van der Waals surface area contributed by atoms with Crippen LogP contribution in [0.5, 0.6) is 0 Å². The van der Waals surface area contributed by atoms with Crippen LogP contribution in [0.2, 0.25) is 0 Å². The largest absolute Gasteiger partial charge is 0.377 e. The highest BCUT2D eigenvalue weighted by molar-refractivity contribution is 5.86. The molecule has 1 atom stereocenters. The average molecular weight is 278 g/mol. The molecule has 2 rings (SSSR count). The van der Waals surface area contributed by atoms with E-state index in [4.69, 9.17) is 10.5 Å². The highest BCUT2D eigenvalue weighted by Crippen LogP contribution is 2.23. The van der Waals surface area contributed by atoms with Gasteiger partial charge in [0.2, 0.25) is 5.91 Å². The summed E-state index contributed by atoms with van der Waals surface area (Å²) in [6, 6.07) is 1.66. The molecule has 6 nitrogen and oxygen atoms in total. The number of hydrogen-bond donors (Lipinski definition) is 2. The number of hydrogen-bond acceptors (Lipinski definition) is 5. The number of anilines is 1. The van der Waals surface area contributed by atoms with Crippen molar-refractivity contribution in [3.05, 3.63) is 24.0 Å². The maximum absolute atomic E-state index is 12.3. The van der Waals surface area contributed by atoms with E-state index in [1.807, 2.05) is 24.8 Å². The summed E-state index contributed by atoms with van der Waals surface area (Å²) < 4.78 is 5.46. The summed E-state index contributed by atoms with van der Waals surface area (Å²) in [4.78, 5) is 18.5. The molecule has 3 N–H and O–H groups in total. The predicted molar refractivity (Wildman–Crippen MR) is 77.4 cm³/mol. The van der Waals surface area contributed by atoms with Crippen LogP contribution in [-0.2, 0) is 16.1 Å². The molecule has 0 aliphatic carbocycles. The van der Waals surface area contributed by atoms with E-state index in [0.717, 1.165) is 11.3 Å². The van der Waals surface area contributed by atoms with Crippen LogP contribution >= 0.6 is 0 Å². The first-order valence-electron chi connectivity index (χ1n) is 6.91. The van der Waals surface area contributed by atoms with Gasteiger partial charge in [-0.3, -0.25) is 9.78 Å². The van der Waals surface area contributed by atoms with Gasteiger partial charge in [-0.05, 0) is 25.5 Å². The van der Waals surface area contributed by atoms with Gasteiger partial charge in [0.1, 0.15) is 6.04 Å². The summed E-state index contributed by atoms with van der Waals surface area (Å²) in [5, 5.41) is 2.94. The van der Waals surface area contributed by atoms with Crippen LogP contribution in [-0.4, -0.2) is 42.7 Å². The molecular weight excluding hydrogens is 256 g/mol. The quantitative estimate of drug-likeness (QED) is 0.826. The summed E-state index contributed by atoms with van der Waals surface area (Å²) >= 11 is 0. The van der Waals surface area contributed by atoms with Gasteiger partial charge in [0.15, 0.2) is 0 Å². The summed E-state index contributed by atoms with van der Waals surface area (Å²) in [5.74, 6) is -0.0217. The number of aromatic nitrogens is 1. The first kappa shape index (κ1) is 14.7. The Morgan fingerprint density at radius 2 is 2.45 bits per heavy atom. The second kappa shape index (κ2) is 6.67. The van der Waals surface area contributed by atoms with Crippen molar-refractivity contribution in [1.29, 1.82) is 0 Å². The maximum Gasteiger partial charge on any atom is 0.245 e. The molecule has 1 aromatic heterocycles. The Morgan fingerprint density at radius 1 is 1.65 bits per heavy atom. The number of ether oxygens (including phenoxy) is 1. The molecule has 1 unspecified atom stereocenters. The van der Waals surface area contributed by atoms with Crippen LogP contribution in [0.4, 0.5) is 5.69 Å². The topological polar surface area (TPSA) is 80.5 Å². The van der Waals surface area contributed by atoms with Crippen molar-refractivity contribution in [3.8, 4) is 0 Å². The first-order chi connectivity index (χ1) is 9.63. The molecular formula is C14H22N4O2. The number of nitrogens with one attached hydrogen (secondary N) is 1. The third-order valence-electron chi connectivity index (χ3n) is 3.28. The van der Waals surface area contributed by atoms with Gasteiger partial charge in [0, 0.05) is 25.3 Å². The zero-order chi connectivity index (χ0) is 14.5. The number of morpholine rings is 1. The van der Waals surface area contributed by atoms with Gasteiger partial charge in [-0.15, -0.1) is 0 Å². The standard InChI is InChI=1S/C14H22N4O2/c1-10(2)17-14(19)13-9-20-6-5-18(13)12-8-16-4-3-11(12)7-15/h3-4,8,10,13H,5-7,9,15H2,1-2H3,(H,17,19). The third kappa shape index (κ3) is 3.26. The summed E-state index contributed by atoms with van der Waals surface area (Å²) in [7, 11) is 0. The van der Waals surface area contributed by atoms with E-state index in [1.54, 1.807) is 12.4 Å². The molecule has 1 aliphatic rings. The molecule has 1 fully saturated rings. The molecule has 110 valence electrons. The Bertz CT molecular complexity index is 464. The van der Waals surface area contributed by atoms with Gasteiger partial charge < -0.3 is 20.7 Å². The molecule has 0 saturated carbocycles. The molecule has 0 bridgehead atoms. The van der Waals surface area contributed by atoms with Gasteiger partial charge in [0.25, 0.3) is 0 Å². The van der Waals surface area contributed by atoms with Crippen LogP contribution in [0.1, 0.15) is 19.4 Å². The minimum absolute atomic E-state index is 0.0217. The Kier molecular flexibility index (Phi) is 4.92. The monoisotopic (exact) mass is 278 g/mol. The number of nitrogens with two attached hydrogens (primary N) is 1. The number of carbonyl (C=O) groups is 1. The Hall–Kier alpha value is -1.66. The third-order valence-corrected chi connectivity index (χ3v) is 3.28. The highest BCUT2D eigenvalue weighted by Gasteiger charge is 2.31. The number of carbonyl (C=O) groups excluding carboxylic acids is 1. The molecule has 1 aliphatic heterocycles. The SMILES string of the molecule is CC(C)NC(=O)C1COCCN1c1cnccc1CN. The molecule has 0 aromatic carbocycles. The minimum atomic E-state index is -0.333. The van der Waals surface area contributed by atoms with Crippen molar-refractivity contribution in [2.45, 2.75) is 32.5 Å². The van der Waals surface area contributed by atoms with E-state index >= 15 is 0 Å². The summed E-state index contributed by atoms with van der Waals surface area (Å²) in [6.07, 6.45) is 3.48. The predicted octanol–water partition coefficient (Wildman–Crippen LogP) is 0.270. The van der Waals surface area contributed by atoms with Crippen LogP contribution in [0, 0.1) is 0 Å². The number of amides is 1. The van der Waals surface area contributed by atoms with E-state index in [-0.39, 0.29) is 18.0 Å². The van der Waals surface area contributed by atoms with Crippen molar-refractivity contribution in [3.63, 3.8) is 0 Å². The van der Waals surface area contributed by atoms with Crippen molar-refractivity contribution >= 4 is 11.6 Å².